The van der Waals surface area contributed by atoms with Crippen LogP contribution in [0.2, 0.25) is 15.1 Å². The molecule has 17 heavy (non-hydrogen) atoms. The van der Waals surface area contributed by atoms with E-state index in [9.17, 15) is 5.11 Å². The van der Waals surface area contributed by atoms with Crippen LogP contribution in [0, 0.1) is 5.41 Å². The number of hydrogen-bond donors (Lipinski definition) is 2. The molecule has 3 N–H and O–H groups in total. The summed E-state index contributed by atoms with van der Waals surface area (Å²) in [5.41, 5.74) is 6.14. The second-order valence-electron chi connectivity index (χ2n) is 5.09. The van der Waals surface area contributed by atoms with Crippen LogP contribution in [0.3, 0.4) is 0 Å². The van der Waals surface area contributed by atoms with Crippen molar-refractivity contribution in [1.29, 1.82) is 0 Å². The molecule has 0 radical (unpaired) electrons. The topological polar surface area (TPSA) is 46.2 Å². The maximum Gasteiger partial charge on any atom is 0.0782 e. The fourth-order valence-electron chi connectivity index (χ4n) is 1.54. The first-order valence-corrected chi connectivity index (χ1v) is 6.36. The van der Waals surface area contributed by atoms with Gasteiger partial charge in [-0.1, -0.05) is 55.6 Å². The van der Waals surface area contributed by atoms with E-state index in [-0.39, 0.29) is 5.41 Å². The van der Waals surface area contributed by atoms with Gasteiger partial charge >= 0.3 is 0 Å². The number of aliphatic hydroxyl groups is 1. The van der Waals surface area contributed by atoms with Gasteiger partial charge in [-0.2, -0.15) is 0 Å². The van der Waals surface area contributed by atoms with E-state index < -0.39 is 12.1 Å². The molecule has 0 amide bonds. The van der Waals surface area contributed by atoms with Crippen LogP contribution in [0.5, 0.6) is 0 Å². The van der Waals surface area contributed by atoms with Crippen molar-refractivity contribution in [1.82, 2.24) is 0 Å². The zero-order chi connectivity index (χ0) is 13.4. The number of aliphatic hydroxyl groups excluding tert-OH is 1. The standard InChI is InChI=1S/C12H16Cl3NO/c1-12(2,3)11(17)10(16)8-6(13)4-5-7(14)9(8)15/h4-5,10-11,17H,16H2,1-3H3/t10-,11-/m0/s1. The van der Waals surface area contributed by atoms with E-state index in [1.54, 1.807) is 12.1 Å². The first-order chi connectivity index (χ1) is 7.66. The predicted octanol–water partition coefficient (Wildman–Crippen LogP) is 4.05. The van der Waals surface area contributed by atoms with Crippen LogP contribution >= 0.6 is 34.8 Å². The summed E-state index contributed by atoms with van der Waals surface area (Å²) in [6.45, 7) is 5.68. The highest BCUT2D eigenvalue weighted by Crippen LogP contribution is 2.38. The van der Waals surface area contributed by atoms with Gasteiger partial charge in [0.2, 0.25) is 0 Å². The summed E-state index contributed by atoms with van der Waals surface area (Å²) >= 11 is 18.1. The molecule has 0 aliphatic carbocycles. The first kappa shape index (κ1) is 15.1. The molecular formula is C12H16Cl3NO. The average molecular weight is 297 g/mol. The molecule has 0 unspecified atom stereocenters. The van der Waals surface area contributed by atoms with Crippen LogP contribution in [0.15, 0.2) is 12.1 Å². The summed E-state index contributed by atoms with van der Waals surface area (Å²) < 4.78 is 0. The fraction of sp³-hybridized carbons (Fsp3) is 0.500. The molecular weight excluding hydrogens is 280 g/mol. The van der Waals surface area contributed by atoms with Gasteiger partial charge in [-0.25, -0.2) is 0 Å². The highest BCUT2D eigenvalue weighted by Gasteiger charge is 2.31. The molecule has 2 atom stereocenters. The minimum absolute atomic E-state index is 0.301. The average Bonchev–Trinajstić information content (AvgIpc) is 2.21. The summed E-state index contributed by atoms with van der Waals surface area (Å²) in [6, 6.07) is 2.56. The SMILES string of the molecule is CC(C)(C)[C@@H](O)[C@@H](N)c1c(Cl)ccc(Cl)c1Cl. The second-order valence-corrected chi connectivity index (χ2v) is 6.29. The molecule has 2 nitrogen and oxygen atoms in total. The van der Waals surface area contributed by atoms with Crippen molar-refractivity contribution in [2.45, 2.75) is 32.9 Å². The molecule has 0 heterocycles. The maximum atomic E-state index is 10.2. The van der Waals surface area contributed by atoms with Gasteiger partial charge in [0.15, 0.2) is 0 Å². The molecule has 1 aromatic carbocycles. The molecule has 0 bridgehead atoms. The van der Waals surface area contributed by atoms with Crippen LogP contribution in [-0.2, 0) is 0 Å². The first-order valence-electron chi connectivity index (χ1n) is 5.23. The van der Waals surface area contributed by atoms with Crippen molar-refractivity contribution in [3.05, 3.63) is 32.8 Å². The molecule has 0 aromatic heterocycles. The van der Waals surface area contributed by atoms with E-state index in [0.717, 1.165) is 0 Å². The van der Waals surface area contributed by atoms with Crippen molar-refractivity contribution in [3.63, 3.8) is 0 Å². The van der Waals surface area contributed by atoms with E-state index in [1.807, 2.05) is 20.8 Å². The molecule has 96 valence electrons. The Morgan fingerprint density at radius 3 is 2.06 bits per heavy atom. The summed E-state index contributed by atoms with van der Waals surface area (Å²) in [5.74, 6) is 0. The lowest BCUT2D eigenvalue weighted by molar-refractivity contribution is 0.0401. The van der Waals surface area contributed by atoms with Crippen LogP contribution in [0.25, 0.3) is 0 Å². The van der Waals surface area contributed by atoms with E-state index in [0.29, 0.717) is 20.6 Å². The molecule has 0 fully saturated rings. The smallest absolute Gasteiger partial charge is 0.0782 e. The van der Waals surface area contributed by atoms with Crippen LogP contribution in [0.4, 0.5) is 0 Å². The Morgan fingerprint density at radius 2 is 1.59 bits per heavy atom. The molecule has 0 saturated carbocycles. The monoisotopic (exact) mass is 295 g/mol. The van der Waals surface area contributed by atoms with Gasteiger partial charge in [-0.15, -0.1) is 0 Å². The van der Waals surface area contributed by atoms with Crippen LogP contribution in [-0.4, -0.2) is 11.2 Å². The number of benzene rings is 1. The second kappa shape index (κ2) is 5.33. The predicted molar refractivity (Wildman–Crippen MR) is 73.9 cm³/mol. The normalized spacial score (nSPS) is 15.8. The Labute approximate surface area is 117 Å². The minimum atomic E-state index is -0.768. The highest BCUT2D eigenvalue weighted by atomic mass is 35.5. The Balaban J connectivity index is 3.21. The molecule has 1 rings (SSSR count). The molecule has 0 aliphatic rings. The molecule has 0 spiro atoms. The Kier molecular flexibility index (Phi) is 4.73. The van der Waals surface area contributed by atoms with Gasteiger partial charge in [-0.3, -0.25) is 0 Å². The summed E-state index contributed by atoms with van der Waals surface area (Å²) in [4.78, 5) is 0. The zero-order valence-electron chi connectivity index (χ0n) is 9.97. The Hall–Kier alpha value is 0.01000. The van der Waals surface area contributed by atoms with Crippen molar-refractivity contribution in [2.24, 2.45) is 11.1 Å². The third-order valence-electron chi connectivity index (χ3n) is 2.64. The van der Waals surface area contributed by atoms with Crippen LogP contribution in [0.1, 0.15) is 32.4 Å². The molecule has 5 heteroatoms. The van der Waals surface area contributed by atoms with Gasteiger partial charge in [-0.05, 0) is 17.5 Å². The van der Waals surface area contributed by atoms with Gasteiger partial charge in [0.05, 0.1) is 22.2 Å². The zero-order valence-corrected chi connectivity index (χ0v) is 12.2. The summed E-state index contributed by atoms with van der Waals surface area (Å²) in [6.07, 6.45) is -0.768. The fourth-order valence-corrected chi connectivity index (χ4v) is 2.33. The molecule has 0 aliphatic heterocycles. The van der Waals surface area contributed by atoms with E-state index in [4.69, 9.17) is 40.5 Å². The van der Waals surface area contributed by atoms with Crippen molar-refractivity contribution in [3.8, 4) is 0 Å². The number of halogens is 3. The third-order valence-corrected chi connectivity index (χ3v) is 3.79. The summed E-state index contributed by atoms with van der Waals surface area (Å²) in [5, 5.41) is 11.3. The maximum absolute atomic E-state index is 10.2. The van der Waals surface area contributed by atoms with E-state index in [2.05, 4.69) is 0 Å². The van der Waals surface area contributed by atoms with E-state index >= 15 is 0 Å². The van der Waals surface area contributed by atoms with Crippen LogP contribution < -0.4 is 5.73 Å². The van der Waals surface area contributed by atoms with Gasteiger partial charge < -0.3 is 10.8 Å². The Morgan fingerprint density at radius 1 is 1.12 bits per heavy atom. The Bertz CT molecular complexity index is 415. The lowest BCUT2D eigenvalue weighted by Gasteiger charge is -2.31. The van der Waals surface area contributed by atoms with Gasteiger partial charge in [0, 0.05) is 10.6 Å². The summed E-state index contributed by atoms with van der Waals surface area (Å²) in [7, 11) is 0. The quantitative estimate of drug-likeness (QED) is 0.809. The molecule has 1 aromatic rings. The minimum Gasteiger partial charge on any atom is -0.391 e. The highest BCUT2D eigenvalue weighted by molar-refractivity contribution is 6.44. The molecule has 0 saturated heterocycles. The number of nitrogens with two attached hydrogens (primary N) is 1. The third kappa shape index (κ3) is 3.27. The number of hydrogen-bond acceptors (Lipinski definition) is 2. The largest absolute Gasteiger partial charge is 0.391 e. The van der Waals surface area contributed by atoms with Gasteiger partial charge in [0.25, 0.3) is 0 Å². The lowest BCUT2D eigenvalue weighted by atomic mass is 9.82. The van der Waals surface area contributed by atoms with Crippen molar-refractivity contribution >= 4 is 34.8 Å². The number of rotatable bonds is 2. The van der Waals surface area contributed by atoms with Crippen molar-refractivity contribution < 1.29 is 5.11 Å². The van der Waals surface area contributed by atoms with E-state index in [1.165, 1.54) is 0 Å². The lowest BCUT2D eigenvalue weighted by Crippen LogP contribution is -2.37. The van der Waals surface area contributed by atoms with Crippen molar-refractivity contribution in [2.75, 3.05) is 0 Å². The van der Waals surface area contributed by atoms with Gasteiger partial charge in [0.1, 0.15) is 0 Å².